The van der Waals surface area contributed by atoms with Gasteiger partial charge in [0.1, 0.15) is 59.5 Å². The van der Waals surface area contributed by atoms with Crippen LogP contribution in [0.1, 0.15) is 38.0 Å². The maximum atomic E-state index is 11.7. The molecule has 9 rings (SSSR count). The van der Waals surface area contributed by atoms with E-state index in [2.05, 4.69) is 25.7 Å². The van der Waals surface area contributed by atoms with Gasteiger partial charge in [0.2, 0.25) is 0 Å². The molecule has 0 saturated heterocycles. The first-order valence-corrected chi connectivity index (χ1v) is 19.9. The smallest absolute Gasteiger partial charge is 0.303 e. The summed E-state index contributed by atoms with van der Waals surface area (Å²) in [5, 5.41) is 9.00. The first-order valence-electron chi connectivity index (χ1n) is 18.8. The Morgan fingerprint density at radius 3 is 1.38 bits per heavy atom. The van der Waals surface area contributed by atoms with Gasteiger partial charge in [0, 0.05) is 29.2 Å². The molecule has 5 heterocycles. The van der Waals surface area contributed by atoms with Crippen molar-refractivity contribution in [2.24, 2.45) is 0 Å². The van der Waals surface area contributed by atoms with Crippen LogP contribution in [-0.4, -0.2) is 105 Å². The lowest BCUT2D eigenvalue weighted by Gasteiger charge is -2.18. The van der Waals surface area contributed by atoms with Crippen molar-refractivity contribution in [2.75, 3.05) is 77.1 Å². The minimum absolute atomic E-state index is 0.0435. The number of rotatable bonds is 8. The molecule has 0 aliphatic carbocycles. The van der Waals surface area contributed by atoms with Crippen LogP contribution in [0.25, 0.3) is 11.3 Å². The molecule has 0 unspecified atom stereocenters. The molecule has 17 nitrogen and oxygen atoms in total. The first-order chi connectivity index (χ1) is 29.6. The molecule has 1 aromatic heterocycles. The minimum Gasteiger partial charge on any atom is -0.486 e. The molecule has 0 radical (unpaired) electrons. The summed E-state index contributed by atoms with van der Waals surface area (Å²) in [6.07, 6.45) is 1.58. The number of aliphatic hydroxyl groups excluding tert-OH is 1. The number of Topliss-reactive ketones (excluding diaryl/α,β-unsaturated/α-hetero) is 3. The van der Waals surface area contributed by atoms with E-state index in [4.69, 9.17) is 53.2 Å². The molecule has 4 aliphatic rings. The number of benzene rings is 4. The zero-order chi connectivity index (χ0) is 43.1. The first kappa shape index (κ1) is 43.8. The molecule has 5 aromatic rings. The number of hydrogen-bond acceptors (Lipinski definition) is 17. The summed E-state index contributed by atoms with van der Waals surface area (Å²) in [7, 11) is 0. The number of nitrogen functional groups attached to an aromatic ring is 1. The van der Waals surface area contributed by atoms with Crippen molar-refractivity contribution in [3.8, 4) is 57.3 Å². The van der Waals surface area contributed by atoms with Crippen molar-refractivity contribution in [1.82, 2.24) is 4.98 Å². The zero-order valence-corrected chi connectivity index (χ0v) is 34.4. The van der Waals surface area contributed by atoms with Gasteiger partial charge in [-0.3, -0.25) is 19.2 Å². The van der Waals surface area contributed by atoms with E-state index in [0.717, 1.165) is 17.1 Å². The molecule has 61 heavy (non-hydrogen) atoms. The summed E-state index contributed by atoms with van der Waals surface area (Å²) in [5.41, 5.74) is 7.82. The number of esters is 1. The highest BCUT2D eigenvalue weighted by atomic mass is 79.9. The number of aliphatic hydroxyl groups is 1. The van der Waals surface area contributed by atoms with Crippen LogP contribution in [0, 0.1) is 0 Å². The molecule has 320 valence electrons. The van der Waals surface area contributed by atoms with Gasteiger partial charge in [-0.2, -0.15) is 0 Å². The lowest BCUT2D eigenvalue weighted by molar-refractivity contribution is -0.139. The average molecular weight is 906 g/mol. The number of nitrogens with zero attached hydrogens (tertiary/aromatic N) is 1. The number of carbonyl (C=O) groups excluding carboxylic acids is 4. The number of fused-ring (bicyclic) bond motifs is 4. The van der Waals surface area contributed by atoms with Crippen molar-refractivity contribution in [1.29, 1.82) is 0 Å². The highest BCUT2D eigenvalue weighted by Gasteiger charge is 2.18. The maximum Gasteiger partial charge on any atom is 0.303 e. The summed E-state index contributed by atoms with van der Waals surface area (Å²) in [5.74, 6) is 4.82. The summed E-state index contributed by atoms with van der Waals surface area (Å²) in [6, 6.07) is 20.8. The molecule has 3 N–H and O–H groups in total. The Morgan fingerprint density at radius 2 is 0.984 bits per heavy atom. The standard InChI is InChI=1S/C12H12O5.C11H10N2O3.C10H9BrO3.C10H10O4/c1-8(13)17-7-10(14)9-2-3-11-12(6-9)16-5-4-15-11;12-11-13-6-10(16-11)7-1-2-8-9(5-7)15-4-3-14-8;2*11-6-8(12)7-1-2-9-10(5-7)14-4-3-13-9/h2-3,6H,4-5,7H2,1H3;1-2,5-6H,3-4H2,(H2,12,13);1-2,5H,3-4,6H2;1-2,5,11H,3-4,6H2. The molecular formula is C43H41BrN2O15. The number of carbonyl (C=O) groups is 4. The van der Waals surface area contributed by atoms with Crippen LogP contribution in [0.15, 0.2) is 83.4 Å². The second-order valence-electron chi connectivity index (χ2n) is 12.8. The van der Waals surface area contributed by atoms with Crippen LogP contribution >= 0.6 is 15.9 Å². The van der Waals surface area contributed by atoms with E-state index in [1.165, 1.54) is 6.92 Å². The fourth-order valence-corrected chi connectivity index (χ4v) is 6.01. The van der Waals surface area contributed by atoms with Crippen LogP contribution in [0.4, 0.5) is 6.01 Å². The van der Waals surface area contributed by atoms with E-state index in [1.807, 2.05) is 18.2 Å². The van der Waals surface area contributed by atoms with E-state index in [9.17, 15) is 19.2 Å². The highest BCUT2D eigenvalue weighted by molar-refractivity contribution is 9.09. The lowest BCUT2D eigenvalue weighted by Crippen LogP contribution is -2.17. The Labute approximate surface area is 357 Å². The number of aromatic nitrogens is 1. The SMILES string of the molecule is CC(=O)OCC(=O)c1ccc2c(c1)OCCO2.Nc1ncc(-c2ccc3c(c2)OCCO3)o1.O=C(CBr)c1ccc2c(c1)OCCO2.O=C(CO)c1ccc2c(c1)OCCO2. The number of halogens is 1. The van der Waals surface area contributed by atoms with Gasteiger partial charge in [-0.15, -0.1) is 0 Å². The van der Waals surface area contributed by atoms with E-state index >= 15 is 0 Å². The van der Waals surface area contributed by atoms with Crippen molar-refractivity contribution >= 4 is 45.3 Å². The van der Waals surface area contributed by atoms with E-state index in [1.54, 1.807) is 60.8 Å². The van der Waals surface area contributed by atoms with Crippen LogP contribution in [0.5, 0.6) is 46.0 Å². The Morgan fingerprint density at radius 1 is 0.590 bits per heavy atom. The molecule has 0 fully saturated rings. The monoisotopic (exact) mass is 904 g/mol. The third kappa shape index (κ3) is 12.1. The Bertz CT molecular complexity index is 2280. The maximum absolute atomic E-state index is 11.7. The van der Waals surface area contributed by atoms with Gasteiger partial charge in [-0.1, -0.05) is 15.9 Å². The molecule has 0 saturated carbocycles. The lowest BCUT2D eigenvalue weighted by atomic mass is 10.1. The largest absolute Gasteiger partial charge is 0.486 e. The molecule has 0 spiro atoms. The average Bonchev–Trinajstić information content (AvgIpc) is 3.76. The van der Waals surface area contributed by atoms with E-state index in [-0.39, 0.29) is 30.0 Å². The Hall–Kier alpha value is -6.79. The van der Waals surface area contributed by atoms with Gasteiger partial charge in [0.05, 0.1) is 11.5 Å². The summed E-state index contributed by atoms with van der Waals surface area (Å²) < 4.78 is 52.8. The summed E-state index contributed by atoms with van der Waals surface area (Å²) in [6.45, 7) is 4.77. The summed E-state index contributed by atoms with van der Waals surface area (Å²) >= 11 is 3.13. The van der Waals surface area contributed by atoms with Gasteiger partial charge in [0.15, 0.2) is 75.7 Å². The predicted octanol–water partition coefficient (Wildman–Crippen LogP) is 5.57. The number of alkyl halides is 1. The van der Waals surface area contributed by atoms with Gasteiger partial charge in [0.25, 0.3) is 6.01 Å². The highest BCUT2D eigenvalue weighted by Crippen LogP contribution is 2.35. The number of ketones is 3. The van der Waals surface area contributed by atoms with E-state index in [0.29, 0.717) is 115 Å². The predicted molar refractivity (Wildman–Crippen MR) is 220 cm³/mol. The molecule has 4 aromatic carbocycles. The van der Waals surface area contributed by atoms with Gasteiger partial charge >= 0.3 is 5.97 Å². The van der Waals surface area contributed by atoms with Gasteiger partial charge < -0.3 is 57.9 Å². The van der Waals surface area contributed by atoms with Gasteiger partial charge in [-0.25, -0.2) is 4.98 Å². The summed E-state index contributed by atoms with van der Waals surface area (Å²) in [4.78, 5) is 48.6. The van der Waals surface area contributed by atoms with Crippen molar-refractivity contribution in [3.63, 3.8) is 0 Å². The second kappa shape index (κ2) is 21.5. The van der Waals surface area contributed by atoms with Crippen LogP contribution in [-0.2, 0) is 9.53 Å². The number of oxazole rings is 1. The van der Waals surface area contributed by atoms with Crippen LogP contribution in [0.2, 0.25) is 0 Å². The van der Waals surface area contributed by atoms with Crippen molar-refractivity contribution in [2.45, 2.75) is 6.92 Å². The van der Waals surface area contributed by atoms with Crippen LogP contribution in [0.3, 0.4) is 0 Å². The molecule has 0 atom stereocenters. The number of nitrogens with two attached hydrogens (primary N) is 1. The van der Waals surface area contributed by atoms with Crippen molar-refractivity contribution < 1.29 is 71.3 Å². The molecule has 0 bridgehead atoms. The Balaban J connectivity index is 0.000000136. The number of hydrogen-bond donors (Lipinski definition) is 2. The zero-order valence-electron chi connectivity index (χ0n) is 32.8. The van der Waals surface area contributed by atoms with Crippen LogP contribution < -0.4 is 43.6 Å². The Kier molecular flexibility index (Phi) is 15.4. The molecule has 18 heteroatoms. The fourth-order valence-electron chi connectivity index (χ4n) is 5.69. The third-order valence-electron chi connectivity index (χ3n) is 8.61. The van der Waals surface area contributed by atoms with E-state index < -0.39 is 12.6 Å². The number of anilines is 1. The minimum atomic E-state index is -0.486. The quantitative estimate of drug-likeness (QED) is 0.110. The topological polar surface area (TPSA) is 224 Å². The molecular weight excluding hydrogens is 864 g/mol. The molecule has 0 amide bonds. The number of ether oxygens (including phenoxy) is 9. The third-order valence-corrected chi connectivity index (χ3v) is 9.12. The van der Waals surface area contributed by atoms with Gasteiger partial charge in [-0.05, 0) is 72.8 Å². The second-order valence-corrected chi connectivity index (χ2v) is 13.4. The fraction of sp³-hybridized carbons (Fsp3) is 0.279. The molecule has 4 aliphatic heterocycles. The van der Waals surface area contributed by atoms with Crippen molar-refractivity contribution in [3.05, 3.63) is 95.7 Å². The normalized spacial score (nSPS) is 13.6.